The molecule has 0 bridgehead atoms. The molecule has 5 heteroatoms. The Morgan fingerprint density at radius 2 is 2.05 bits per heavy atom. The van der Waals surface area contributed by atoms with E-state index in [-0.39, 0.29) is 5.56 Å². The predicted molar refractivity (Wildman–Crippen MR) is 85.7 cm³/mol. The van der Waals surface area contributed by atoms with Gasteiger partial charge in [-0.25, -0.2) is 4.98 Å². The van der Waals surface area contributed by atoms with Gasteiger partial charge in [-0.1, -0.05) is 19.1 Å². The highest BCUT2D eigenvalue weighted by molar-refractivity contribution is 5.72. The van der Waals surface area contributed by atoms with Gasteiger partial charge in [-0.3, -0.25) is 4.79 Å². The first-order chi connectivity index (χ1) is 10.7. The molecular weight excluding hydrogens is 278 g/mol. The maximum atomic E-state index is 12.1. The van der Waals surface area contributed by atoms with E-state index in [9.17, 15) is 4.79 Å². The SMILES string of the molecule is CCc1cc(CCc2nc3ccccc3o2)c(=O)[nH]c1CN. The quantitative estimate of drug-likeness (QED) is 0.757. The zero-order valence-corrected chi connectivity index (χ0v) is 12.6. The van der Waals surface area contributed by atoms with Crippen LogP contribution < -0.4 is 11.3 Å². The summed E-state index contributed by atoms with van der Waals surface area (Å²) in [7, 11) is 0. The van der Waals surface area contributed by atoms with E-state index in [1.54, 1.807) is 0 Å². The Balaban J connectivity index is 1.82. The van der Waals surface area contributed by atoms with E-state index in [2.05, 4.69) is 16.9 Å². The second kappa shape index (κ2) is 6.15. The number of benzene rings is 1. The van der Waals surface area contributed by atoms with Gasteiger partial charge in [0.05, 0.1) is 0 Å². The third kappa shape index (κ3) is 2.80. The molecule has 3 aromatic rings. The van der Waals surface area contributed by atoms with Gasteiger partial charge in [0.2, 0.25) is 0 Å². The van der Waals surface area contributed by atoms with Crippen LogP contribution in [0.3, 0.4) is 0 Å². The first kappa shape index (κ1) is 14.5. The van der Waals surface area contributed by atoms with Gasteiger partial charge < -0.3 is 15.1 Å². The number of fused-ring (bicyclic) bond motifs is 1. The zero-order chi connectivity index (χ0) is 15.5. The molecule has 22 heavy (non-hydrogen) atoms. The number of hydrogen-bond donors (Lipinski definition) is 2. The van der Waals surface area contributed by atoms with Crippen molar-refractivity contribution in [3.63, 3.8) is 0 Å². The van der Waals surface area contributed by atoms with Gasteiger partial charge >= 0.3 is 0 Å². The van der Waals surface area contributed by atoms with Crippen LogP contribution in [-0.2, 0) is 25.8 Å². The van der Waals surface area contributed by atoms with Crippen molar-refractivity contribution in [2.75, 3.05) is 0 Å². The smallest absolute Gasteiger partial charge is 0.251 e. The molecule has 0 aliphatic rings. The molecule has 2 aromatic heterocycles. The second-order valence-electron chi connectivity index (χ2n) is 5.26. The van der Waals surface area contributed by atoms with Crippen LogP contribution in [0.5, 0.6) is 0 Å². The topological polar surface area (TPSA) is 84.9 Å². The van der Waals surface area contributed by atoms with Crippen molar-refractivity contribution >= 4 is 11.1 Å². The number of rotatable bonds is 5. The summed E-state index contributed by atoms with van der Waals surface area (Å²) < 4.78 is 5.69. The number of aryl methyl sites for hydroxylation is 3. The van der Waals surface area contributed by atoms with Crippen molar-refractivity contribution < 1.29 is 4.42 Å². The highest BCUT2D eigenvalue weighted by Gasteiger charge is 2.09. The van der Waals surface area contributed by atoms with Crippen LogP contribution in [0, 0.1) is 0 Å². The minimum Gasteiger partial charge on any atom is -0.441 e. The second-order valence-corrected chi connectivity index (χ2v) is 5.26. The maximum absolute atomic E-state index is 12.1. The summed E-state index contributed by atoms with van der Waals surface area (Å²) in [6.07, 6.45) is 2.04. The number of nitrogens with zero attached hydrogens (tertiary/aromatic N) is 1. The monoisotopic (exact) mass is 297 g/mol. The average molecular weight is 297 g/mol. The van der Waals surface area contributed by atoms with E-state index in [0.29, 0.717) is 25.3 Å². The minimum atomic E-state index is -0.0752. The van der Waals surface area contributed by atoms with Crippen LogP contribution in [0.25, 0.3) is 11.1 Å². The summed E-state index contributed by atoms with van der Waals surface area (Å²) in [6.45, 7) is 2.40. The Labute approximate surface area is 128 Å². The maximum Gasteiger partial charge on any atom is 0.251 e. The molecule has 3 N–H and O–H groups in total. The number of oxazole rings is 1. The summed E-state index contributed by atoms with van der Waals surface area (Å²) in [5.74, 6) is 0.654. The number of para-hydroxylation sites is 2. The Hall–Kier alpha value is -2.40. The van der Waals surface area contributed by atoms with Crippen LogP contribution >= 0.6 is 0 Å². The van der Waals surface area contributed by atoms with Gasteiger partial charge in [-0.15, -0.1) is 0 Å². The number of aromatic amines is 1. The van der Waals surface area contributed by atoms with E-state index in [0.717, 1.165) is 34.3 Å². The molecule has 0 saturated heterocycles. The fourth-order valence-electron chi connectivity index (χ4n) is 2.61. The van der Waals surface area contributed by atoms with Crippen LogP contribution in [0.4, 0.5) is 0 Å². The number of hydrogen-bond acceptors (Lipinski definition) is 4. The number of nitrogens with two attached hydrogens (primary N) is 1. The third-order valence-corrected chi connectivity index (χ3v) is 3.82. The number of aromatic nitrogens is 2. The van der Waals surface area contributed by atoms with Gasteiger partial charge in [0.25, 0.3) is 5.56 Å². The lowest BCUT2D eigenvalue weighted by Gasteiger charge is -2.07. The van der Waals surface area contributed by atoms with E-state index >= 15 is 0 Å². The normalized spacial score (nSPS) is 11.2. The molecule has 0 saturated carbocycles. The van der Waals surface area contributed by atoms with E-state index in [4.69, 9.17) is 10.2 Å². The van der Waals surface area contributed by atoms with Gasteiger partial charge in [-0.2, -0.15) is 0 Å². The van der Waals surface area contributed by atoms with Crippen molar-refractivity contribution in [2.45, 2.75) is 32.7 Å². The molecule has 0 fully saturated rings. The first-order valence-corrected chi connectivity index (χ1v) is 7.49. The van der Waals surface area contributed by atoms with E-state index in [1.807, 2.05) is 30.3 Å². The molecule has 0 aliphatic heterocycles. The summed E-state index contributed by atoms with van der Waals surface area (Å²) in [4.78, 5) is 19.4. The Morgan fingerprint density at radius 1 is 1.23 bits per heavy atom. The molecule has 0 spiro atoms. The predicted octanol–water partition coefficient (Wildman–Crippen LogP) is 2.32. The van der Waals surface area contributed by atoms with Crippen LogP contribution in [0.15, 0.2) is 39.5 Å². The molecule has 2 heterocycles. The van der Waals surface area contributed by atoms with E-state index < -0.39 is 0 Å². The van der Waals surface area contributed by atoms with Crippen molar-refractivity contribution in [3.05, 3.63) is 63.4 Å². The fourth-order valence-corrected chi connectivity index (χ4v) is 2.61. The Bertz CT molecular complexity index is 815. The number of pyridine rings is 1. The van der Waals surface area contributed by atoms with Gasteiger partial charge in [0, 0.05) is 24.2 Å². The van der Waals surface area contributed by atoms with Crippen LogP contribution in [-0.4, -0.2) is 9.97 Å². The molecule has 0 unspecified atom stereocenters. The average Bonchev–Trinajstić information content (AvgIpc) is 2.96. The molecule has 0 radical (unpaired) electrons. The number of H-pyrrole nitrogens is 1. The highest BCUT2D eigenvalue weighted by Crippen LogP contribution is 2.16. The lowest BCUT2D eigenvalue weighted by Crippen LogP contribution is -2.19. The van der Waals surface area contributed by atoms with Crippen molar-refractivity contribution in [2.24, 2.45) is 5.73 Å². The Kier molecular flexibility index (Phi) is 4.06. The fraction of sp³-hybridized carbons (Fsp3) is 0.294. The molecule has 3 rings (SSSR count). The molecule has 114 valence electrons. The lowest BCUT2D eigenvalue weighted by molar-refractivity contribution is 0.527. The molecule has 5 nitrogen and oxygen atoms in total. The minimum absolute atomic E-state index is 0.0752. The Morgan fingerprint density at radius 3 is 2.77 bits per heavy atom. The molecular formula is C17H19N3O2. The molecule has 0 amide bonds. The van der Waals surface area contributed by atoms with Gasteiger partial charge in [0.1, 0.15) is 5.52 Å². The lowest BCUT2D eigenvalue weighted by atomic mass is 10.0. The number of nitrogens with one attached hydrogen (secondary N) is 1. The van der Waals surface area contributed by atoms with Gasteiger partial charge in [-0.05, 0) is 36.6 Å². The van der Waals surface area contributed by atoms with Crippen molar-refractivity contribution in [3.8, 4) is 0 Å². The molecule has 0 aliphatic carbocycles. The van der Waals surface area contributed by atoms with Crippen LogP contribution in [0.2, 0.25) is 0 Å². The zero-order valence-electron chi connectivity index (χ0n) is 12.6. The largest absolute Gasteiger partial charge is 0.441 e. The summed E-state index contributed by atoms with van der Waals surface area (Å²) >= 11 is 0. The summed E-state index contributed by atoms with van der Waals surface area (Å²) in [5.41, 5.74) is 9.86. The highest BCUT2D eigenvalue weighted by atomic mass is 16.3. The van der Waals surface area contributed by atoms with Crippen molar-refractivity contribution in [1.82, 2.24) is 9.97 Å². The first-order valence-electron chi connectivity index (χ1n) is 7.49. The summed E-state index contributed by atoms with van der Waals surface area (Å²) in [6, 6.07) is 9.60. The van der Waals surface area contributed by atoms with Gasteiger partial charge in [0.15, 0.2) is 11.5 Å². The van der Waals surface area contributed by atoms with Crippen molar-refractivity contribution in [1.29, 1.82) is 0 Å². The van der Waals surface area contributed by atoms with Crippen LogP contribution in [0.1, 0.15) is 29.6 Å². The molecule has 1 aromatic carbocycles. The third-order valence-electron chi connectivity index (χ3n) is 3.82. The standard InChI is InChI=1S/C17H19N3O2/c1-2-11-9-12(17(21)20-14(11)10-18)7-8-16-19-13-5-3-4-6-15(13)22-16/h3-6,9H,2,7-8,10,18H2,1H3,(H,20,21). The molecule has 0 atom stereocenters. The van der Waals surface area contributed by atoms with E-state index in [1.165, 1.54) is 0 Å². The summed E-state index contributed by atoms with van der Waals surface area (Å²) in [5, 5.41) is 0.